The molecule has 0 atom stereocenters. The Labute approximate surface area is 128 Å². The smallest absolute Gasteiger partial charge is 0.0558 e. The Hall–Kier alpha value is -1.64. The largest absolute Gasteiger partial charge is 0.395 e. The SMILES string of the molecule is CC(C)c1ccc(CN(CCO)Cc2ccccc2)cc1. The van der Waals surface area contributed by atoms with Gasteiger partial charge < -0.3 is 5.11 Å². The van der Waals surface area contributed by atoms with Gasteiger partial charge in [0.05, 0.1) is 6.61 Å². The van der Waals surface area contributed by atoms with E-state index in [4.69, 9.17) is 0 Å². The van der Waals surface area contributed by atoms with Gasteiger partial charge in [-0.1, -0.05) is 68.4 Å². The highest BCUT2D eigenvalue weighted by Gasteiger charge is 2.07. The van der Waals surface area contributed by atoms with Crippen molar-refractivity contribution in [3.63, 3.8) is 0 Å². The summed E-state index contributed by atoms with van der Waals surface area (Å²) in [5, 5.41) is 9.27. The van der Waals surface area contributed by atoms with Gasteiger partial charge in [-0.25, -0.2) is 0 Å². The molecule has 0 unspecified atom stereocenters. The molecule has 0 saturated heterocycles. The van der Waals surface area contributed by atoms with E-state index in [2.05, 4.69) is 67.3 Å². The van der Waals surface area contributed by atoms with Gasteiger partial charge in [0.25, 0.3) is 0 Å². The lowest BCUT2D eigenvalue weighted by Gasteiger charge is -2.22. The van der Waals surface area contributed by atoms with Crippen molar-refractivity contribution in [2.24, 2.45) is 0 Å². The van der Waals surface area contributed by atoms with Gasteiger partial charge in [0.1, 0.15) is 0 Å². The predicted molar refractivity (Wildman–Crippen MR) is 88.2 cm³/mol. The summed E-state index contributed by atoms with van der Waals surface area (Å²) in [6, 6.07) is 19.2. The van der Waals surface area contributed by atoms with Crippen LogP contribution in [0.4, 0.5) is 0 Å². The van der Waals surface area contributed by atoms with E-state index < -0.39 is 0 Å². The lowest BCUT2D eigenvalue weighted by Crippen LogP contribution is -2.26. The second kappa shape index (κ2) is 7.96. The summed E-state index contributed by atoms with van der Waals surface area (Å²) in [5.41, 5.74) is 3.95. The molecule has 2 aromatic carbocycles. The van der Waals surface area contributed by atoms with E-state index in [1.54, 1.807) is 0 Å². The van der Waals surface area contributed by atoms with E-state index in [0.29, 0.717) is 12.5 Å². The molecule has 2 aromatic rings. The molecule has 21 heavy (non-hydrogen) atoms. The maximum atomic E-state index is 9.27. The Kier molecular flexibility index (Phi) is 5.97. The summed E-state index contributed by atoms with van der Waals surface area (Å²) in [4.78, 5) is 2.28. The van der Waals surface area contributed by atoms with Crippen LogP contribution in [0, 0.1) is 0 Å². The van der Waals surface area contributed by atoms with Crippen molar-refractivity contribution in [2.75, 3.05) is 13.2 Å². The minimum Gasteiger partial charge on any atom is -0.395 e. The van der Waals surface area contributed by atoms with Crippen LogP contribution in [0.5, 0.6) is 0 Å². The van der Waals surface area contributed by atoms with Gasteiger partial charge in [-0.15, -0.1) is 0 Å². The Morgan fingerprint density at radius 3 is 1.95 bits per heavy atom. The minimum absolute atomic E-state index is 0.191. The number of hydrogen-bond acceptors (Lipinski definition) is 2. The average molecular weight is 283 g/mol. The van der Waals surface area contributed by atoms with Crippen LogP contribution in [0.25, 0.3) is 0 Å². The van der Waals surface area contributed by atoms with Gasteiger partial charge in [-0.3, -0.25) is 4.90 Å². The highest BCUT2D eigenvalue weighted by Crippen LogP contribution is 2.16. The van der Waals surface area contributed by atoms with Gasteiger partial charge in [-0.2, -0.15) is 0 Å². The molecule has 0 aliphatic heterocycles. The number of rotatable bonds is 7. The molecule has 0 fully saturated rings. The minimum atomic E-state index is 0.191. The molecular formula is C19H25NO. The highest BCUT2D eigenvalue weighted by molar-refractivity contribution is 5.24. The fourth-order valence-electron chi connectivity index (χ4n) is 2.46. The fourth-order valence-corrected chi connectivity index (χ4v) is 2.46. The summed E-state index contributed by atoms with van der Waals surface area (Å²) < 4.78 is 0. The van der Waals surface area contributed by atoms with Crippen molar-refractivity contribution in [2.45, 2.75) is 32.9 Å². The zero-order valence-electron chi connectivity index (χ0n) is 13.0. The normalized spacial score (nSPS) is 11.3. The van der Waals surface area contributed by atoms with Crippen LogP contribution in [0.15, 0.2) is 54.6 Å². The maximum Gasteiger partial charge on any atom is 0.0558 e. The second-order valence-corrected chi connectivity index (χ2v) is 5.82. The molecule has 2 heteroatoms. The van der Waals surface area contributed by atoms with Crippen LogP contribution in [-0.4, -0.2) is 23.2 Å². The lowest BCUT2D eigenvalue weighted by atomic mass is 10.0. The third-order valence-corrected chi connectivity index (χ3v) is 3.72. The summed E-state index contributed by atoms with van der Waals surface area (Å²) in [5.74, 6) is 0.567. The zero-order valence-corrected chi connectivity index (χ0v) is 13.0. The first-order valence-electron chi connectivity index (χ1n) is 7.65. The van der Waals surface area contributed by atoms with E-state index in [9.17, 15) is 5.11 Å². The second-order valence-electron chi connectivity index (χ2n) is 5.82. The quantitative estimate of drug-likeness (QED) is 0.835. The molecule has 0 aliphatic carbocycles. The van der Waals surface area contributed by atoms with Crippen LogP contribution in [0.2, 0.25) is 0 Å². The molecule has 2 rings (SSSR count). The van der Waals surface area contributed by atoms with Gasteiger partial charge in [0, 0.05) is 19.6 Å². The maximum absolute atomic E-state index is 9.27. The molecular weight excluding hydrogens is 258 g/mol. The summed E-state index contributed by atoms with van der Waals surface area (Å²) in [6.45, 7) is 7.05. The van der Waals surface area contributed by atoms with Crippen LogP contribution in [0.1, 0.15) is 36.5 Å². The number of aliphatic hydroxyl groups excluding tert-OH is 1. The molecule has 0 aromatic heterocycles. The van der Waals surface area contributed by atoms with Crippen molar-refractivity contribution in [3.05, 3.63) is 71.3 Å². The molecule has 0 bridgehead atoms. The predicted octanol–water partition coefficient (Wildman–Crippen LogP) is 3.80. The summed E-state index contributed by atoms with van der Waals surface area (Å²) >= 11 is 0. The monoisotopic (exact) mass is 283 g/mol. The van der Waals surface area contributed by atoms with E-state index in [-0.39, 0.29) is 6.61 Å². The van der Waals surface area contributed by atoms with Crippen LogP contribution < -0.4 is 0 Å². The molecule has 0 radical (unpaired) electrons. The summed E-state index contributed by atoms with van der Waals surface area (Å²) in [6.07, 6.45) is 0. The first-order chi connectivity index (χ1) is 10.2. The van der Waals surface area contributed by atoms with Crippen molar-refractivity contribution in [1.29, 1.82) is 0 Å². The molecule has 112 valence electrons. The Bertz CT molecular complexity index is 519. The zero-order chi connectivity index (χ0) is 15.1. The first-order valence-corrected chi connectivity index (χ1v) is 7.65. The molecule has 0 aliphatic rings. The van der Waals surface area contributed by atoms with E-state index in [1.807, 2.05) is 6.07 Å². The Morgan fingerprint density at radius 1 is 0.857 bits per heavy atom. The Balaban J connectivity index is 2.02. The van der Waals surface area contributed by atoms with E-state index >= 15 is 0 Å². The standard InChI is InChI=1S/C19H25NO/c1-16(2)19-10-8-18(9-11-19)15-20(12-13-21)14-17-6-4-3-5-7-17/h3-11,16,21H,12-15H2,1-2H3. The summed E-state index contributed by atoms with van der Waals surface area (Å²) in [7, 11) is 0. The first kappa shape index (κ1) is 15.7. The molecule has 1 N–H and O–H groups in total. The van der Waals surface area contributed by atoms with Gasteiger partial charge >= 0.3 is 0 Å². The molecule has 0 amide bonds. The van der Waals surface area contributed by atoms with Crippen LogP contribution in [0.3, 0.4) is 0 Å². The van der Waals surface area contributed by atoms with Gasteiger partial charge in [0.2, 0.25) is 0 Å². The van der Waals surface area contributed by atoms with Crippen LogP contribution >= 0.6 is 0 Å². The van der Waals surface area contributed by atoms with Crippen LogP contribution in [-0.2, 0) is 13.1 Å². The van der Waals surface area contributed by atoms with Crippen molar-refractivity contribution >= 4 is 0 Å². The Morgan fingerprint density at radius 2 is 1.43 bits per heavy atom. The molecule has 0 heterocycles. The lowest BCUT2D eigenvalue weighted by molar-refractivity contribution is 0.184. The molecule has 0 spiro atoms. The van der Waals surface area contributed by atoms with E-state index in [0.717, 1.165) is 13.1 Å². The number of aliphatic hydroxyl groups is 1. The number of nitrogens with zero attached hydrogens (tertiary/aromatic N) is 1. The fraction of sp³-hybridized carbons (Fsp3) is 0.368. The number of benzene rings is 2. The average Bonchev–Trinajstić information content (AvgIpc) is 2.49. The molecule has 0 saturated carbocycles. The van der Waals surface area contributed by atoms with Crippen molar-refractivity contribution in [3.8, 4) is 0 Å². The third kappa shape index (κ3) is 5.00. The topological polar surface area (TPSA) is 23.5 Å². The van der Waals surface area contributed by atoms with Gasteiger partial charge in [-0.05, 0) is 22.6 Å². The highest BCUT2D eigenvalue weighted by atomic mass is 16.3. The van der Waals surface area contributed by atoms with Gasteiger partial charge in [0.15, 0.2) is 0 Å². The third-order valence-electron chi connectivity index (χ3n) is 3.72. The van der Waals surface area contributed by atoms with Crippen molar-refractivity contribution in [1.82, 2.24) is 4.90 Å². The van der Waals surface area contributed by atoms with E-state index in [1.165, 1.54) is 16.7 Å². The number of hydrogen-bond donors (Lipinski definition) is 1. The molecule has 2 nitrogen and oxygen atoms in total. The van der Waals surface area contributed by atoms with Crippen molar-refractivity contribution < 1.29 is 5.11 Å².